The van der Waals surface area contributed by atoms with Crippen molar-refractivity contribution >= 4 is 23.1 Å². The Bertz CT molecular complexity index is 1390. The number of aromatic amines is 1. The topological polar surface area (TPSA) is 68.9 Å². The molecule has 148 valence electrons. The van der Waals surface area contributed by atoms with E-state index in [4.69, 9.17) is 26.5 Å². The van der Waals surface area contributed by atoms with Gasteiger partial charge in [-0.2, -0.15) is 10.1 Å². The maximum Gasteiger partial charge on any atom is 0.314 e. The van der Waals surface area contributed by atoms with Crippen LogP contribution in [-0.2, 0) is 6.54 Å². The zero-order valence-corrected chi connectivity index (χ0v) is 17.0. The maximum atomic E-state index is 5.41. The zero-order chi connectivity index (χ0) is 20.5. The van der Waals surface area contributed by atoms with E-state index in [2.05, 4.69) is 45.0 Å². The summed E-state index contributed by atoms with van der Waals surface area (Å²) in [7, 11) is 1.68. The minimum atomic E-state index is 0.161. The summed E-state index contributed by atoms with van der Waals surface area (Å²) in [4.78, 5) is 9.08. The number of nitrogens with zero attached hydrogens (tertiary/aromatic N) is 3. The molecule has 7 heteroatoms. The standard InChI is InChI=1S/C23H18N4O2S/c1-28-18-10-11-20-16(12-18)13-21(15-6-3-2-4-7-15)27(20)14-17-8-5-9-19(24-17)22-25-23(30)29-26-22/h2-13H,14H2,1H3,(H,25,26,30). The lowest BCUT2D eigenvalue weighted by molar-refractivity contribution is 0.406. The monoisotopic (exact) mass is 414 g/mol. The van der Waals surface area contributed by atoms with E-state index < -0.39 is 0 Å². The Morgan fingerprint density at radius 3 is 2.63 bits per heavy atom. The number of fused-ring (bicyclic) bond motifs is 1. The van der Waals surface area contributed by atoms with Crippen LogP contribution in [0.15, 0.2) is 77.3 Å². The first-order valence-corrected chi connectivity index (χ1v) is 9.86. The van der Waals surface area contributed by atoms with E-state index in [1.54, 1.807) is 7.11 Å². The van der Waals surface area contributed by atoms with Crippen LogP contribution in [0, 0.1) is 4.84 Å². The zero-order valence-electron chi connectivity index (χ0n) is 16.2. The van der Waals surface area contributed by atoms with E-state index in [0.29, 0.717) is 18.1 Å². The number of ether oxygens (including phenoxy) is 1. The van der Waals surface area contributed by atoms with Gasteiger partial charge in [-0.1, -0.05) is 36.4 Å². The smallest absolute Gasteiger partial charge is 0.314 e. The highest BCUT2D eigenvalue weighted by Crippen LogP contribution is 2.31. The highest BCUT2D eigenvalue weighted by Gasteiger charge is 2.13. The second-order valence-corrected chi connectivity index (χ2v) is 7.20. The molecule has 3 aromatic heterocycles. The highest BCUT2D eigenvalue weighted by atomic mass is 32.1. The van der Waals surface area contributed by atoms with Gasteiger partial charge >= 0.3 is 4.84 Å². The van der Waals surface area contributed by atoms with Gasteiger partial charge in [0.2, 0.25) is 0 Å². The molecule has 0 aliphatic carbocycles. The van der Waals surface area contributed by atoms with Crippen LogP contribution in [0.25, 0.3) is 33.7 Å². The second kappa shape index (κ2) is 7.61. The highest BCUT2D eigenvalue weighted by molar-refractivity contribution is 7.71. The molecule has 0 atom stereocenters. The van der Waals surface area contributed by atoms with Gasteiger partial charge in [-0.05, 0) is 54.2 Å². The van der Waals surface area contributed by atoms with E-state index in [1.165, 1.54) is 0 Å². The first kappa shape index (κ1) is 18.3. The number of pyridine rings is 1. The van der Waals surface area contributed by atoms with Gasteiger partial charge in [0, 0.05) is 16.6 Å². The van der Waals surface area contributed by atoms with Crippen LogP contribution in [0.2, 0.25) is 0 Å². The van der Waals surface area contributed by atoms with Crippen LogP contribution in [-0.4, -0.2) is 26.8 Å². The summed E-state index contributed by atoms with van der Waals surface area (Å²) in [6, 6.07) is 24.5. The summed E-state index contributed by atoms with van der Waals surface area (Å²) < 4.78 is 12.7. The summed E-state index contributed by atoms with van der Waals surface area (Å²) in [6.07, 6.45) is 0. The number of H-pyrrole nitrogens is 1. The van der Waals surface area contributed by atoms with Gasteiger partial charge in [-0.25, -0.2) is 4.98 Å². The molecule has 0 radical (unpaired) electrons. The van der Waals surface area contributed by atoms with Crippen LogP contribution in [0.4, 0.5) is 0 Å². The third-order valence-electron chi connectivity index (χ3n) is 4.99. The van der Waals surface area contributed by atoms with Crippen molar-refractivity contribution in [1.29, 1.82) is 0 Å². The molecule has 2 aromatic carbocycles. The maximum absolute atomic E-state index is 5.41. The van der Waals surface area contributed by atoms with Crippen molar-refractivity contribution < 1.29 is 9.26 Å². The van der Waals surface area contributed by atoms with Gasteiger partial charge in [0.25, 0.3) is 0 Å². The van der Waals surface area contributed by atoms with Crippen molar-refractivity contribution in [2.45, 2.75) is 6.54 Å². The summed E-state index contributed by atoms with van der Waals surface area (Å²) >= 11 is 4.95. The number of rotatable bonds is 5. The fraction of sp³-hybridized carbons (Fsp3) is 0.0870. The molecule has 0 spiro atoms. The molecule has 0 saturated carbocycles. The average molecular weight is 414 g/mol. The van der Waals surface area contributed by atoms with Crippen molar-refractivity contribution in [1.82, 2.24) is 19.7 Å². The summed E-state index contributed by atoms with van der Waals surface area (Å²) in [5.41, 5.74) is 4.96. The SMILES string of the molecule is COc1ccc2c(c1)cc(-c1ccccc1)n2Cc1cccc(-c2nc(=S)o[nH]2)n1. The van der Waals surface area contributed by atoms with Crippen molar-refractivity contribution in [3.63, 3.8) is 0 Å². The molecule has 30 heavy (non-hydrogen) atoms. The Morgan fingerprint density at radius 1 is 1.00 bits per heavy atom. The molecule has 0 unspecified atom stereocenters. The molecule has 6 nitrogen and oxygen atoms in total. The Morgan fingerprint density at radius 2 is 1.87 bits per heavy atom. The van der Waals surface area contributed by atoms with Gasteiger partial charge in [-0.15, -0.1) is 0 Å². The van der Waals surface area contributed by atoms with E-state index in [-0.39, 0.29) is 4.84 Å². The molecule has 0 aliphatic rings. The molecule has 5 aromatic rings. The van der Waals surface area contributed by atoms with Crippen LogP contribution in [0.3, 0.4) is 0 Å². The molecule has 0 saturated heterocycles. The normalized spacial score (nSPS) is 11.1. The van der Waals surface area contributed by atoms with Crippen molar-refractivity contribution in [3.8, 4) is 28.5 Å². The minimum absolute atomic E-state index is 0.161. The molecular weight excluding hydrogens is 396 g/mol. The fourth-order valence-corrected chi connectivity index (χ4v) is 3.73. The summed E-state index contributed by atoms with van der Waals surface area (Å²) in [5.74, 6) is 1.35. The molecule has 0 bridgehead atoms. The quantitative estimate of drug-likeness (QED) is 0.386. The lowest BCUT2D eigenvalue weighted by Crippen LogP contribution is -2.04. The van der Waals surface area contributed by atoms with E-state index in [0.717, 1.165) is 33.6 Å². The molecule has 0 aliphatic heterocycles. The number of methoxy groups -OCH3 is 1. The minimum Gasteiger partial charge on any atom is -0.497 e. The largest absolute Gasteiger partial charge is 0.497 e. The lowest BCUT2D eigenvalue weighted by atomic mass is 10.1. The van der Waals surface area contributed by atoms with Crippen LogP contribution in [0.5, 0.6) is 5.75 Å². The van der Waals surface area contributed by atoms with E-state index in [1.807, 2.05) is 42.5 Å². The predicted molar refractivity (Wildman–Crippen MR) is 118 cm³/mol. The fourth-order valence-electron chi connectivity index (χ4n) is 3.59. The van der Waals surface area contributed by atoms with Gasteiger partial charge in [0.05, 0.1) is 19.3 Å². The summed E-state index contributed by atoms with van der Waals surface area (Å²) in [5, 5.41) is 3.83. The Balaban J connectivity index is 1.62. The first-order valence-electron chi connectivity index (χ1n) is 9.46. The molecular formula is C23H18N4O2S. The van der Waals surface area contributed by atoms with Gasteiger partial charge in [0.15, 0.2) is 5.82 Å². The number of benzene rings is 2. The molecule has 1 N–H and O–H groups in total. The van der Waals surface area contributed by atoms with Gasteiger partial charge < -0.3 is 13.8 Å². The van der Waals surface area contributed by atoms with Crippen LogP contribution in [0.1, 0.15) is 5.69 Å². The molecule has 0 amide bonds. The van der Waals surface area contributed by atoms with Crippen molar-refractivity contribution in [3.05, 3.63) is 83.3 Å². The van der Waals surface area contributed by atoms with Crippen LogP contribution >= 0.6 is 12.2 Å². The van der Waals surface area contributed by atoms with Crippen molar-refractivity contribution in [2.75, 3.05) is 7.11 Å². The number of aromatic nitrogens is 4. The average Bonchev–Trinajstić information content (AvgIpc) is 3.38. The third-order valence-corrected chi connectivity index (χ3v) is 5.16. The molecule has 5 rings (SSSR count). The summed E-state index contributed by atoms with van der Waals surface area (Å²) in [6.45, 7) is 0.604. The predicted octanol–water partition coefficient (Wildman–Crippen LogP) is 5.47. The van der Waals surface area contributed by atoms with Crippen molar-refractivity contribution in [2.24, 2.45) is 0 Å². The Kier molecular flexibility index (Phi) is 4.65. The number of hydrogen-bond donors (Lipinski definition) is 1. The van der Waals surface area contributed by atoms with E-state index in [9.17, 15) is 0 Å². The van der Waals surface area contributed by atoms with Crippen LogP contribution < -0.4 is 4.74 Å². The Labute approximate surface area is 177 Å². The van der Waals surface area contributed by atoms with Gasteiger partial charge in [0.1, 0.15) is 11.4 Å². The first-order chi connectivity index (χ1) is 14.7. The lowest BCUT2D eigenvalue weighted by Gasteiger charge is -2.12. The van der Waals surface area contributed by atoms with E-state index >= 15 is 0 Å². The second-order valence-electron chi connectivity index (χ2n) is 6.85. The number of nitrogens with one attached hydrogen (secondary N) is 1. The molecule has 3 heterocycles. The molecule has 0 fully saturated rings. The Hall–Kier alpha value is -3.71. The number of hydrogen-bond acceptors (Lipinski definition) is 5. The third kappa shape index (κ3) is 3.40. The van der Waals surface area contributed by atoms with Gasteiger partial charge in [-0.3, -0.25) is 0 Å².